The predicted molar refractivity (Wildman–Crippen MR) is 70.0 cm³/mol. The number of nitrogens with zero attached hydrogens (tertiary/aromatic N) is 1. The average molecular weight is 261 g/mol. The van der Waals surface area contributed by atoms with Crippen molar-refractivity contribution >= 4 is 23.5 Å². The Hall–Kier alpha value is -2.23. The molecule has 1 heterocycles. The zero-order chi connectivity index (χ0) is 13.5. The van der Waals surface area contributed by atoms with Gasteiger partial charge >= 0.3 is 6.30 Å². The molecule has 0 N–H and O–H groups in total. The third-order valence-electron chi connectivity index (χ3n) is 3.05. The van der Waals surface area contributed by atoms with E-state index in [0.717, 1.165) is 0 Å². The minimum absolute atomic E-state index is 0.149. The second-order valence-corrected chi connectivity index (χ2v) is 4.25. The molecule has 0 aliphatic carbocycles. The summed E-state index contributed by atoms with van der Waals surface area (Å²) in [6, 6.07) is 13.0. The lowest BCUT2D eigenvalue weighted by atomic mass is 10.1. The summed E-state index contributed by atoms with van der Waals surface area (Å²) in [5.74, 6) is 0. The van der Waals surface area contributed by atoms with Gasteiger partial charge in [-0.2, -0.15) is 0 Å². The highest BCUT2D eigenvalue weighted by Gasteiger charge is 2.40. The molecule has 0 amide bonds. The fourth-order valence-electron chi connectivity index (χ4n) is 2.25. The third kappa shape index (κ3) is 1.99. The molecule has 2 aromatic carbocycles. The Morgan fingerprint density at radius 1 is 0.684 bits per heavy atom. The van der Waals surface area contributed by atoms with Gasteiger partial charge in [-0.3, -0.25) is 4.90 Å². The van der Waals surface area contributed by atoms with Crippen LogP contribution in [0.2, 0.25) is 0 Å². The van der Waals surface area contributed by atoms with E-state index in [-0.39, 0.29) is 11.4 Å². The number of fused-ring (bicyclic) bond motifs is 2. The van der Waals surface area contributed by atoms with Crippen molar-refractivity contribution in [2.24, 2.45) is 0 Å². The standard InChI is InChI=1S/C15H10F3N/c16-15(17,18)19-13-7-3-1-5-11(13)9-10-12-6-2-4-8-14(12)19/h1-10H. The first-order valence-electron chi connectivity index (χ1n) is 5.80. The van der Waals surface area contributed by atoms with Gasteiger partial charge in [-0.15, -0.1) is 13.2 Å². The molecule has 0 spiro atoms. The summed E-state index contributed by atoms with van der Waals surface area (Å²) in [6.07, 6.45) is -1.04. The summed E-state index contributed by atoms with van der Waals surface area (Å²) >= 11 is 0. The van der Waals surface area contributed by atoms with Gasteiger partial charge < -0.3 is 0 Å². The number of hydrogen-bond acceptors (Lipinski definition) is 1. The van der Waals surface area contributed by atoms with E-state index in [0.29, 0.717) is 16.0 Å². The molecule has 19 heavy (non-hydrogen) atoms. The first kappa shape index (κ1) is 11.8. The molecule has 3 rings (SSSR count). The first-order valence-corrected chi connectivity index (χ1v) is 5.80. The van der Waals surface area contributed by atoms with E-state index in [1.807, 2.05) is 0 Å². The average Bonchev–Trinajstić information content (AvgIpc) is 2.54. The second kappa shape index (κ2) is 4.16. The molecule has 2 aromatic rings. The Labute approximate surface area is 108 Å². The molecule has 1 aliphatic heterocycles. The van der Waals surface area contributed by atoms with Crippen LogP contribution in [-0.4, -0.2) is 6.30 Å². The third-order valence-corrected chi connectivity index (χ3v) is 3.05. The van der Waals surface area contributed by atoms with E-state index in [1.165, 1.54) is 12.1 Å². The van der Waals surface area contributed by atoms with Crippen molar-refractivity contribution < 1.29 is 13.2 Å². The van der Waals surface area contributed by atoms with E-state index >= 15 is 0 Å². The maximum absolute atomic E-state index is 13.4. The van der Waals surface area contributed by atoms with Gasteiger partial charge in [0.05, 0.1) is 11.4 Å². The number of benzene rings is 2. The molecule has 0 saturated carbocycles. The van der Waals surface area contributed by atoms with Crippen molar-refractivity contribution in [2.75, 3.05) is 4.90 Å². The fourth-order valence-corrected chi connectivity index (χ4v) is 2.25. The normalized spacial score (nSPS) is 13.7. The van der Waals surface area contributed by atoms with Crippen LogP contribution in [-0.2, 0) is 0 Å². The summed E-state index contributed by atoms with van der Waals surface area (Å²) in [7, 11) is 0. The molecule has 0 atom stereocenters. The molecule has 1 nitrogen and oxygen atoms in total. The largest absolute Gasteiger partial charge is 0.489 e. The fraction of sp³-hybridized carbons (Fsp3) is 0.0667. The summed E-state index contributed by atoms with van der Waals surface area (Å²) in [4.78, 5) is 0.428. The van der Waals surface area contributed by atoms with Gasteiger partial charge in [-0.05, 0) is 23.3 Å². The Morgan fingerprint density at radius 2 is 1.11 bits per heavy atom. The molecule has 4 heteroatoms. The molecule has 0 saturated heterocycles. The van der Waals surface area contributed by atoms with E-state index in [2.05, 4.69) is 0 Å². The number of halogens is 3. The summed E-state index contributed by atoms with van der Waals surface area (Å²) < 4.78 is 40.1. The smallest absolute Gasteiger partial charge is 0.252 e. The van der Waals surface area contributed by atoms with Gasteiger partial charge in [-0.1, -0.05) is 48.6 Å². The lowest BCUT2D eigenvalue weighted by molar-refractivity contribution is -0.120. The Bertz CT molecular complexity index is 594. The van der Waals surface area contributed by atoms with Gasteiger partial charge in [0.15, 0.2) is 0 Å². The van der Waals surface area contributed by atoms with Gasteiger partial charge in [-0.25, -0.2) is 0 Å². The van der Waals surface area contributed by atoms with Gasteiger partial charge in [0.1, 0.15) is 0 Å². The van der Waals surface area contributed by atoms with Crippen LogP contribution in [0.4, 0.5) is 24.5 Å². The number of rotatable bonds is 0. The molecule has 96 valence electrons. The number of alkyl halides is 3. The van der Waals surface area contributed by atoms with E-state index in [1.54, 1.807) is 48.6 Å². The predicted octanol–water partition coefficient (Wildman–Crippen LogP) is 4.83. The topological polar surface area (TPSA) is 3.24 Å². The zero-order valence-electron chi connectivity index (χ0n) is 9.85. The highest BCUT2D eigenvalue weighted by molar-refractivity contribution is 5.88. The van der Waals surface area contributed by atoms with Crippen LogP contribution in [0.5, 0.6) is 0 Å². The monoisotopic (exact) mass is 261 g/mol. The molecular formula is C15H10F3N. The van der Waals surface area contributed by atoms with Crippen molar-refractivity contribution in [3.63, 3.8) is 0 Å². The molecule has 1 aliphatic rings. The number of para-hydroxylation sites is 2. The lowest BCUT2D eigenvalue weighted by Gasteiger charge is -2.28. The van der Waals surface area contributed by atoms with Crippen LogP contribution in [0.25, 0.3) is 12.2 Å². The van der Waals surface area contributed by atoms with Crippen LogP contribution in [0.1, 0.15) is 11.1 Å². The molecule has 0 aromatic heterocycles. The second-order valence-electron chi connectivity index (χ2n) is 4.25. The minimum Gasteiger partial charge on any atom is -0.252 e. The number of anilines is 2. The highest BCUT2D eigenvalue weighted by Crippen LogP contribution is 2.42. The lowest BCUT2D eigenvalue weighted by Crippen LogP contribution is -2.34. The minimum atomic E-state index is -4.46. The van der Waals surface area contributed by atoms with Crippen molar-refractivity contribution in [3.8, 4) is 0 Å². The molecule has 0 unspecified atom stereocenters. The van der Waals surface area contributed by atoms with Crippen LogP contribution in [0.3, 0.4) is 0 Å². The van der Waals surface area contributed by atoms with Gasteiger partial charge in [0.25, 0.3) is 0 Å². The quantitative estimate of drug-likeness (QED) is 0.614. The zero-order valence-corrected chi connectivity index (χ0v) is 9.85. The molecule has 0 fully saturated rings. The highest BCUT2D eigenvalue weighted by atomic mass is 19.4. The van der Waals surface area contributed by atoms with Crippen LogP contribution in [0.15, 0.2) is 48.5 Å². The van der Waals surface area contributed by atoms with Crippen LogP contribution < -0.4 is 4.90 Å². The maximum atomic E-state index is 13.4. The SMILES string of the molecule is FC(F)(F)N1c2ccccc2C=Cc2ccccc21. The molecule has 0 radical (unpaired) electrons. The van der Waals surface area contributed by atoms with E-state index in [4.69, 9.17) is 0 Å². The van der Waals surface area contributed by atoms with Crippen LogP contribution in [0, 0.1) is 0 Å². The van der Waals surface area contributed by atoms with Crippen molar-refractivity contribution in [1.29, 1.82) is 0 Å². The summed E-state index contributed by atoms with van der Waals surface area (Å²) in [5, 5.41) is 0. The van der Waals surface area contributed by atoms with Gasteiger partial charge in [0, 0.05) is 0 Å². The maximum Gasteiger partial charge on any atom is 0.489 e. The van der Waals surface area contributed by atoms with Gasteiger partial charge in [0.2, 0.25) is 0 Å². The van der Waals surface area contributed by atoms with Crippen LogP contribution >= 0.6 is 0 Å². The molecule has 0 bridgehead atoms. The Morgan fingerprint density at radius 3 is 1.53 bits per heavy atom. The van der Waals surface area contributed by atoms with E-state index < -0.39 is 6.30 Å². The Kier molecular flexibility index (Phi) is 2.59. The van der Waals surface area contributed by atoms with Crippen molar-refractivity contribution in [1.82, 2.24) is 0 Å². The first-order chi connectivity index (χ1) is 9.07. The Balaban J connectivity index is 2.31. The summed E-state index contributed by atoms with van der Waals surface area (Å²) in [6.45, 7) is 0. The molecular weight excluding hydrogens is 251 g/mol. The summed E-state index contributed by atoms with van der Waals surface area (Å²) in [5.41, 5.74) is 1.40. The van der Waals surface area contributed by atoms with E-state index in [9.17, 15) is 13.2 Å². The van der Waals surface area contributed by atoms with Crippen molar-refractivity contribution in [2.45, 2.75) is 6.30 Å². The van der Waals surface area contributed by atoms with Crippen molar-refractivity contribution in [3.05, 3.63) is 59.7 Å². The number of hydrogen-bond donors (Lipinski definition) is 0.